The number of nitrogens with one attached hydrogen (secondary N) is 3. The second-order valence-corrected chi connectivity index (χ2v) is 6.98. The molecule has 1 unspecified atom stereocenters. The minimum Gasteiger partial charge on any atom is -0.415 e. The standard InChI is InChI=1S/C17H18F2N3O2PS.C2H6/c1-9-2-4-12(11(18)8-9)22-15-10(3-5-13(25)14(15)19)16(20)24-17(21)26-7-6-23;1-2/h2-5,8,20-23H,6-7,25H2,1H3;1-2H3. The molecule has 2 rings (SSSR count). The van der Waals surface area contributed by atoms with Crippen LogP contribution in [0.4, 0.5) is 20.2 Å². The van der Waals surface area contributed by atoms with Crippen molar-refractivity contribution in [2.45, 2.75) is 20.8 Å². The Morgan fingerprint density at radius 1 is 1.21 bits per heavy atom. The molecule has 0 radical (unpaired) electrons. The number of ether oxygens (including phenoxy) is 1. The molecular formula is C19H24F2N3O2PS. The molecular weight excluding hydrogens is 403 g/mol. The Bertz CT molecular complexity index is 850. The summed E-state index contributed by atoms with van der Waals surface area (Å²) >= 11 is 0.913. The van der Waals surface area contributed by atoms with Gasteiger partial charge in [0.05, 0.1) is 23.5 Å². The molecule has 0 saturated carbocycles. The second kappa shape index (κ2) is 11.7. The highest BCUT2D eigenvalue weighted by Gasteiger charge is 2.19. The molecule has 2 aromatic carbocycles. The van der Waals surface area contributed by atoms with Gasteiger partial charge >= 0.3 is 0 Å². The van der Waals surface area contributed by atoms with Crippen LogP contribution in [0.2, 0.25) is 0 Å². The third-order valence-electron chi connectivity index (χ3n) is 3.32. The van der Waals surface area contributed by atoms with Gasteiger partial charge in [0.25, 0.3) is 0 Å². The van der Waals surface area contributed by atoms with Gasteiger partial charge in [0.1, 0.15) is 5.82 Å². The third kappa shape index (κ3) is 6.55. The van der Waals surface area contributed by atoms with Crippen LogP contribution in [-0.2, 0) is 4.74 Å². The minimum atomic E-state index is -0.671. The summed E-state index contributed by atoms with van der Waals surface area (Å²) in [7, 11) is 2.23. The summed E-state index contributed by atoms with van der Waals surface area (Å²) in [6.07, 6.45) is 0. The van der Waals surface area contributed by atoms with E-state index in [1.54, 1.807) is 13.0 Å². The van der Waals surface area contributed by atoms with Crippen molar-refractivity contribution in [2.24, 2.45) is 0 Å². The van der Waals surface area contributed by atoms with Crippen LogP contribution in [-0.4, -0.2) is 28.6 Å². The van der Waals surface area contributed by atoms with E-state index in [0.717, 1.165) is 17.3 Å². The number of anilines is 2. The first-order chi connectivity index (χ1) is 13.3. The summed E-state index contributed by atoms with van der Waals surface area (Å²) in [4.78, 5) is 0. The lowest BCUT2D eigenvalue weighted by Gasteiger charge is -2.16. The molecule has 0 heterocycles. The van der Waals surface area contributed by atoms with Crippen molar-refractivity contribution in [3.05, 3.63) is 53.1 Å². The molecule has 0 aliphatic heterocycles. The zero-order valence-corrected chi connectivity index (χ0v) is 17.9. The van der Waals surface area contributed by atoms with Gasteiger partial charge in [0, 0.05) is 11.1 Å². The van der Waals surface area contributed by atoms with E-state index < -0.39 is 17.5 Å². The van der Waals surface area contributed by atoms with Crippen LogP contribution in [0.5, 0.6) is 0 Å². The highest BCUT2D eigenvalue weighted by Crippen LogP contribution is 2.27. The summed E-state index contributed by atoms with van der Waals surface area (Å²) in [5.41, 5.74) is 0.705. The van der Waals surface area contributed by atoms with E-state index in [2.05, 4.69) is 14.6 Å². The molecule has 0 aromatic heterocycles. The van der Waals surface area contributed by atoms with Crippen molar-refractivity contribution in [3.8, 4) is 0 Å². The molecule has 1 atom stereocenters. The Balaban J connectivity index is 0.00000190. The van der Waals surface area contributed by atoms with Gasteiger partial charge in [-0.3, -0.25) is 10.8 Å². The Kier molecular flexibility index (Phi) is 10.1. The van der Waals surface area contributed by atoms with Gasteiger partial charge in [0.2, 0.25) is 11.1 Å². The summed E-state index contributed by atoms with van der Waals surface area (Å²) in [5.74, 6) is -1.44. The molecule has 0 bridgehead atoms. The predicted octanol–water partition coefficient (Wildman–Crippen LogP) is 4.55. The Morgan fingerprint density at radius 2 is 1.89 bits per heavy atom. The average Bonchev–Trinajstić information content (AvgIpc) is 2.67. The summed E-state index contributed by atoms with van der Waals surface area (Å²) < 4.78 is 33.8. The Labute approximate surface area is 170 Å². The Hall–Kier alpha value is -2.02. The molecule has 0 aliphatic carbocycles. The number of aliphatic hydroxyl groups excluding tert-OH is 1. The molecule has 9 heteroatoms. The van der Waals surface area contributed by atoms with E-state index in [-0.39, 0.29) is 39.8 Å². The molecule has 5 nitrogen and oxygen atoms in total. The maximum Gasteiger partial charge on any atom is 0.250 e. The van der Waals surface area contributed by atoms with Crippen LogP contribution < -0.4 is 10.6 Å². The van der Waals surface area contributed by atoms with Crippen LogP contribution in [0.15, 0.2) is 30.3 Å². The lowest BCUT2D eigenvalue weighted by Crippen LogP contribution is -2.16. The van der Waals surface area contributed by atoms with E-state index in [0.29, 0.717) is 0 Å². The number of aliphatic hydroxyl groups is 1. The number of rotatable bonds is 5. The van der Waals surface area contributed by atoms with E-state index >= 15 is 0 Å². The molecule has 0 saturated heterocycles. The number of thioether (sulfide) groups is 1. The number of halogens is 2. The molecule has 152 valence electrons. The van der Waals surface area contributed by atoms with Crippen LogP contribution in [0, 0.1) is 29.4 Å². The zero-order chi connectivity index (χ0) is 21.3. The first-order valence-electron chi connectivity index (χ1n) is 8.53. The van der Waals surface area contributed by atoms with Gasteiger partial charge in [-0.2, -0.15) is 0 Å². The molecule has 0 spiro atoms. The van der Waals surface area contributed by atoms with Gasteiger partial charge in [0.15, 0.2) is 5.82 Å². The molecule has 0 amide bonds. The van der Waals surface area contributed by atoms with E-state index in [1.807, 2.05) is 13.8 Å². The fourth-order valence-electron chi connectivity index (χ4n) is 2.08. The smallest absolute Gasteiger partial charge is 0.250 e. The maximum absolute atomic E-state index is 14.6. The van der Waals surface area contributed by atoms with E-state index in [1.165, 1.54) is 24.3 Å². The summed E-state index contributed by atoms with van der Waals surface area (Å²) in [5, 5.41) is 27.0. The van der Waals surface area contributed by atoms with Gasteiger partial charge in [-0.15, -0.1) is 9.24 Å². The lowest BCUT2D eigenvalue weighted by atomic mass is 10.1. The molecule has 2 aromatic rings. The summed E-state index contributed by atoms with van der Waals surface area (Å²) in [6.45, 7) is 5.60. The van der Waals surface area contributed by atoms with Crippen molar-refractivity contribution in [1.29, 1.82) is 10.8 Å². The van der Waals surface area contributed by atoms with Gasteiger partial charge in [-0.25, -0.2) is 8.78 Å². The highest BCUT2D eigenvalue weighted by molar-refractivity contribution is 8.13. The molecule has 0 fully saturated rings. The normalized spacial score (nSPS) is 9.96. The van der Waals surface area contributed by atoms with Crippen LogP contribution in [0.3, 0.4) is 0 Å². The zero-order valence-electron chi connectivity index (χ0n) is 15.9. The monoisotopic (exact) mass is 427 g/mol. The number of hydrogen-bond acceptors (Lipinski definition) is 6. The number of hydrogen-bond donors (Lipinski definition) is 4. The van der Waals surface area contributed by atoms with Crippen molar-refractivity contribution >= 4 is 48.8 Å². The predicted molar refractivity (Wildman–Crippen MR) is 117 cm³/mol. The van der Waals surface area contributed by atoms with Crippen LogP contribution in [0.1, 0.15) is 25.0 Å². The van der Waals surface area contributed by atoms with Crippen molar-refractivity contribution in [1.82, 2.24) is 0 Å². The molecule has 0 aliphatic rings. The van der Waals surface area contributed by atoms with Crippen molar-refractivity contribution in [2.75, 3.05) is 17.7 Å². The van der Waals surface area contributed by atoms with Crippen molar-refractivity contribution in [3.63, 3.8) is 0 Å². The van der Waals surface area contributed by atoms with E-state index in [9.17, 15) is 8.78 Å². The Morgan fingerprint density at radius 3 is 2.50 bits per heavy atom. The lowest BCUT2D eigenvalue weighted by molar-refractivity contribution is 0.322. The van der Waals surface area contributed by atoms with Crippen molar-refractivity contribution < 1.29 is 18.6 Å². The van der Waals surface area contributed by atoms with E-state index in [4.69, 9.17) is 20.7 Å². The average molecular weight is 427 g/mol. The van der Waals surface area contributed by atoms with Gasteiger partial charge in [-0.1, -0.05) is 37.7 Å². The number of benzene rings is 2. The second-order valence-electron chi connectivity index (χ2n) is 5.29. The SMILES string of the molecule is CC.Cc1ccc(Nc2c(C(=N)OC(=N)SCCO)ccc(P)c2F)c(F)c1. The fraction of sp³-hybridized carbons (Fsp3) is 0.263. The minimum absolute atomic E-state index is 0.0445. The highest BCUT2D eigenvalue weighted by atomic mass is 32.2. The van der Waals surface area contributed by atoms with Crippen LogP contribution in [0.25, 0.3) is 0 Å². The molecule has 28 heavy (non-hydrogen) atoms. The van der Waals surface area contributed by atoms with Crippen LogP contribution >= 0.6 is 21.0 Å². The third-order valence-corrected chi connectivity index (χ3v) is 4.50. The first-order valence-corrected chi connectivity index (χ1v) is 10.1. The maximum atomic E-state index is 14.6. The number of aryl methyl sites for hydroxylation is 1. The quantitative estimate of drug-likeness (QED) is 0.320. The fourth-order valence-corrected chi connectivity index (χ4v) is 2.73. The van der Waals surface area contributed by atoms with Gasteiger partial charge < -0.3 is 15.2 Å². The summed E-state index contributed by atoms with van der Waals surface area (Å²) in [6, 6.07) is 7.36. The largest absolute Gasteiger partial charge is 0.415 e. The van der Waals surface area contributed by atoms with Gasteiger partial charge in [-0.05, 0) is 30.7 Å². The topological polar surface area (TPSA) is 89.2 Å². The first kappa shape index (κ1) is 24.0. The molecule has 4 N–H and O–H groups in total.